The first-order valence-corrected chi connectivity index (χ1v) is 6.86. The molecule has 98 valence electrons. The zero-order chi connectivity index (χ0) is 13.2. The average Bonchev–Trinajstić information content (AvgIpc) is 2.82. The predicted octanol–water partition coefficient (Wildman–Crippen LogP) is 2.54. The van der Waals surface area contributed by atoms with E-state index in [0.717, 1.165) is 29.9 Å². The molecule has 5 heteroatoms. The van der Waals surface area contributed by atoms with Crippen LogP contribution in [0.2, 0.25) is 0 Å². The summed E-state index contributed by atoms with van der Waals surface area (Å²) in [4.78, 5) is 4.70. The second-order valence-electron chi connectivity index (χ2n) is 4.76. The zero-order valence-electron chi connectivity index (χ0n) is 10.6. The number of fused-ring (bicyclic) bond motifs is 1. The lowest BCUT2D eigenvalue weighted by atomic mass is 10.1. The molecule has 3 rings (SSSR count). The van der Waals surface area contributed by atoms with Gasteiger partial charge < -0.3 is 15.6 Å². The maximum absolute atomic E-state index is 5.44. The van der Waals surface area contributed by atoms with Crippen LogP contribution >= 0.6 is 12.2 Å². The Morgan fingerprint density at radius 3 is 2.74 bits per heavy atom. The standard InChI is InChI=1S/C14H16N4S/c15-14(19)16-11-6-4-10(5-7-11)12-9-18-8-2-1-3-13(18)17-12/h4-7,9H,1-3,8H2,(H3,15,16,19). The zero-order valence-corrected chi connectivity index (χ0v) is 11.4. The highest BCUT2D eigenvalue weighted by Crippen LogP contribution is 2.23. The lowest BCUT2D eigenvalue weighted by Crippen LogP contribution is -2.18. The lowest BCUT2D eigenvalue weighted by molar-refractivity contribution is 0.522. The Labute approximate surface area is 117 Å². The second kappa shape index (κ2) is 5.01. The number of aryl methyl sites for hydroxylation is 2. The van der Waals surface area contributed by atoms with Crippen molar-refractivity contribution in [2.24, 2.45) is 5.73 Å². The molecule has 0 fully saturated rings. The van der Waals surface area contributed by atoms with E-state index in [2.05, 4.69) is 16.1 Å². The number of hydrogen-bond donors (Lipinski definition) is 2. The van der Waals surface area contributed by atoms with E-state index in [9.17, 15) is 0 Å². The Morgan fingerprint density at radius 1 is 1.26 bits per heavy atom. The number of thiocarbonyl (C=S) groups is 1. The van der Waals surface area contributed by atoms with Gasteiger partial charge in [0.1, 0.15) is 5.82 Å². The fourth-order valence-corrected chi connectivity index (χ4v) is 2.54. The van der Waals surface area contributed by atoms with Gasteiger partial charge in [-0.25, -0.2) is 4.98 Å². The van der Waals surface area contributed by atoms with Crippen LogP contribution in [0, 0.1) is 0 Å². The van der Waals surface area contributed by atoms with Crippen molar-refractivity contribution < 1.29 is 0 Å². The third kappa shape index (κ3) is 2.61. The smallest absolute Gasteiger partial charge is 0.168 e. The number of hydrogen-bond acceptors (Lipinski definition) is 2. The topological polar surface area (TPSA) is 55.9 Å². The van der Waals surface area contributed by atoms with E-state index >= 15 is 0 Å². The molecule has 0 aliphatic carbocycles. The summed E-state index contributed by atoms with van der Waals surface area (Å²) < 4.78 is 2.26. The Kier molecular flexibility index (Phi) is 3.21. The van der Waals surface area contributed by atoms with Crippen molar-refractivity contribution in [3.63, 3.8) is 0 Å². The second-order valence-corrected chi connectivity index (χ2v) is 5.20. The molecule has 4 nitrogen and oxygen atoms in total. The van der Waals surface area contributed by atoms with Crippen molar-refractivity contribution in [3.8, 4) is 11.3 Å². The molecule has 19 heavy (non-hydrogen) atoms. The minimum atomic E-state index is 0.283. The Morgan fingerprint density at radius 2 is 2.05 bits per heavy atom. The van der Waals surface area contributed by atoms with Crippen LogP contribution in [0.1, 0.15) is 18.7 Å². The number of nitrogens with two attached hydrogens (primary N) is 1. The third-order valence-corrected chi connectivity index (χ3v) is 3.46. The molecular weight excluding hydrogens is 256 g/mol. The van der Waals surface area contributed by atoms with Gasteiger partial charge in [-0.3, -0.25) is 0 Å². The number of aromatic nitrogens is 2. The van der Waals surface area contributed by atoms with Crippen molar-refractivity contribution in [1.29, 1.82) is 0 Å². The van der Waals surface area contributed by atoms with Crippen LogP contribution in [-0.4, -0.2) is 14.7 Å². The molecule has 2 aromatic rings. The average molecular weight is 272 g/mol. The van der Waals surface area contributed by atoms with Gasteiger partial charge in [-0.15, -0.1) is 0 Å². The van der Waals surface area contributed by atoms with Gasteiger partial charge in [0.2, 0.25) is 0 Å². The molecule has 1 aromatic heterocycles. The third-order valence-electron chi connectivity index (χ3n) is 3.36. The van der Waals surface area contributed by atoms with Crippen molar-refractivity contribution in [1.82, 2.24) is 9.55 Å². The fraction of sp³-hybridized carbons (Fsp3) is 0.286. The van der Waals surface area contributed by atoms with Crippen molar-refractivity contribution in [3.05, 3.63) is 36.3 Å². The molecule has 0 unspecified atom stereocenters. The quantitative estimate of drug-likeness (QED) is 0.825. The molecule has 0 saturated heterocycles. The van der Waals surface area contributed by atoms with Gasteiger partial charge in [-0.1, -0.05) is 12.1 Å². The summed E-state index contributed by atoms with van der Waals surface area (Å²) in [7, 11) is 0. The van der Waals surface area contributed by atoms with Gasteiger partial charge in [-0.05, 0) is 37.2 Å². The van der Waals surface area contributed by atoms with Crippen LogP contribution < -0.4 is 11.1 Å². The van der Waals surface area contributed by atoms with Crippen LogP contribution in [0.25, 0.3) is 11.3 Å². The van der Waals surface area contributed by atoms with Crippen molar-refractivity contribution >= 4 is 23.0 Å². The highest BCUT2D eigenvalue weighted by Gasteiger charge is 2.12. The van der Waals surface area contributed by atoms with E-state index in [-0.39, 0.29) is 5.11 Å². The van der Waals surface area contributed by atoms with Crippen molar-refractivity contribution in [2.45, 2.75) is 25.8 Å². The van der Waals surface area contributed by atoms with Crippen LogP contribution in [-0.2, 0) is 13.0 Å². The van der Waals surface area contributed by atoms with Gasteiger partial charge in [0.15, 0.2) is 5.11 Å². The first kappa shape index (κ1) is 12.2. The summed E-state index contributed by atoms with van der Waals surface area (Å²) in [6.07, 6.45) is 5.72. The van der Waals surface area contributed by atoms with Gasteiger partial charge in [0.25, 0.3) is 0 Å². The molecule has 1 aromatic carbocycles. The molecule has 3 N–H and O–H groups in total. The Hall–Kier alpha value is -1.88. The number of benzene rings is 1. The predicted molar refractivity (Wildman–Crippen MR) is 81.0 cm³/mol. The molecular formula is C14H16N4S. The van der Waals surface area contributed by atoms with Crippen molar-refractivity contribution in [2.75, 3.05) is 5.32 Å². The molecule has 0 spiro atoms. The fourth-order valence-electron chi connectivity index (χ4n) is 2.42. The Balaban J connectivity index is 1.85. The molecule has 0 radical (unpaired) electrons. The highest BCUT2D eigenvalue weighted by atomic mass is 32.1. The number of rotatable bonds is 2. The Bertz CT molecular complexity index is 577. The minimum absolute atomic E-state index is 0.283. The van der Waals surface area contributed by atoms with Gasteiger partial charge in [0, 0.05) is 30.4 Å². The van der Waals surface area contributed by atoms with Crippen LogP contribution in [0.5, 0.6) is 0 Å². The van der Waals surface area contributed by atoms with E-state index in [1.807, 2.05) is 24.3 Å². The molecule has 0 amide bonds. The highest BCUT2D eigenvalue weighted by molar-refractivity contribution is 7.80. The van der Waals surface area contributed by atoms with Gasteiger partial charge in [-0.2, -0.15) is 0 Å². The molecule has 1 aliphatic rings. The van der Waals surface area contributed by atoms with Crippen LogP contribution in [0.4, 0.5) is 5.69 Å². The first-order chi connectivity index (χ1) is 9.22. The van der Waals surface area contributed by atoms with Crippen LogP contribution in [0.3, 0.4) is 0 Å². The monoisotopic (exact) mass is 272 g/mol. The normalized spacial score (nSPS) is 13.9. The van der Waals surface area contributed by atoms with E-state index in [1.54, 1.807) is 0 Å². The summed E-state index contributed by atoms with van der Waals surface area (Å²) in [6.45, 7) is 1.09. The summed E-state index contributed by atoms with van der Waals surface area (Å²) in [5, 5.41) is 3.20. The molecule has 0 saturated carbocycles. The largest absolute Gasteiger partial charge is 0.376 e. The van der Waals surface area contributed by atoms with Gasteiger partial charge in [0.05, 0.1) is 5.69 Å². The minimum Gasteiger partial charge on any atom is -0.376 e. The van der Waals surface area contributed by atoms with E-state index in [1.165, 1.54) is 18.7 Å². The summed E-state index contributed by atoms with van der Waals surface area (Å²) in [5.41, 5.74) is 8.51. The SMILES string of the molecule is NC(=S)Nc1ccc(-c2cn3c(n2)CCCC3)cc1. The molecule has 1 aliphatic heterocycles. The van der Waals surface area contributed by atoms with E-state index in [0.29, 0.717) is 0 Å². The number of anilines is 1. The van der Waals surface area contributed by atoms with E-state index < -0.39 is 0 Å². The summed E-state index contributed by atoms with van der Waals surface area (Å²) in [6, 6.07) is 8.00. The van der Waals surface area contributed by atoms with Crippen LogP contribution in [0.15, 0.2) is 30.5 Å². The van der Waals surface area contributed by atoms with Gasteiger partial charge >= 0.3 is 0 Å². The molecule has 0 bridgehead atoms. The molecule has 0 atom stereocenters. The van der Waals surface area contributed by atoms with E-state index in [4.69, 9.17) is 22.9 Å². The summed E-state index contributed by atoms with van der Waals surface area (Å²) >= 11 is 4.81. The summed E-state index contributed by atoms with van der Waals surface area (Å²) in [5.74, 6) is 1.20. The maximum atomic E-state index is 5.44. The first-order valence-electron chi connectivity index (χ1n) is 6.45. The number of imidazole rings is 1. The lowest BCUT2D eigenvalue weighted by Gasteiger charge is -2.11. The maximum Gasteiger partial charge on any atom is 0.168 e. The number of nitrogens with one attached hydrogen (secondary N) is 1. The molecule has 2 heterocycles. The number of nitrogens with zero attached hydrogens (tertiary/aromatic N) is 2.